The van der Waals surface area contributed by atoms with E-state index in [1.54, 1.807) is 18.2 Å². The standard InChI is InChI=1S/C12H18N6O2/c1-3-20-8-4-5-9(16-7(2)19)10(6-8)17-12(15)18-11(13)14/h4-6H,3H2,1-2H3,(H,16,19)(H6,13,14,15,17,18). The molecule has 0 aliphatic rings. The monoisotopic (exact) mass is 278 g/mol. The SMILES string of the molecule is CCOc1ccc(NC(C)=O)c(N=C(N)N=C(N)N)c1. The van der Waals surface area contributed by atoms with Crippen LogP contribution in [-0.4, -0.2) is 24.4 Å². The van der Waals surface area contributed by atoms with Crippen molar-refractivity contribution in [1.29, 1.82) is 0 Å². The molecule has 0 aromatic heterocycles. The highest BCUT2D eigenvalue weighted by Gasteiger charge is 2.06. The quantitative estimate of drug-likeness (QED) is 0.462. The molecule has 1 aromatic carbocycles. The van der Waals surface area contributed by atoms with Gasteiger partial charge in [0.2, 0.25) is 11.9 Å². The van der Waals surface area contributed by atoms with Gasteiger partial charge in [-0.1, -0.05) is 0 Å². The van der Waals surface area contributed by atoms with E-state index in [-0.39, 0.29) is 17.8 Å². The molecule has 0 unspecified atom stereocenters. The summed E-state index contributed by atoms with van der Waals surface area (Å²) in [7, 11) is 0. The Morgan fingerprint density at radius 2 is 2.05 bits per heavy atom. The number of carbonyl (C=O) groups excluding carboxylic acids is 1. The molecule has 0 bridgehead atoms. The lowest BCUT2D eigenvalue weighted by molar-refractivity contribution is -0.114. The highest BCUT2D eigenvalue weighted by molar-refractivity contribution is 5.96. The van der Waals surface area contributed by atoms with Crippen molar-refractivity contribution >= 4 is 29.2 Å². The van der Waals surface area contributed by atoms with E-state index in [1.807, 2.05) is 6.92 Å². The van der Waals surface area contributed by atoms with Gasteiger partial charge < -0.3 is 27.3 Å². The lowest BCUT2D eigenvalue weighted by Crippen LogP contribution is -2.26. The predicted octanol–water partition coefficient (Wildman–Crippen LogP) is 0.263. The summed E-state index contributed by atoms with van der Waals surface area (Å²) < 4.78 is 5.36. The Hall–Kier alpha value is -2.77. The fraction of sp³-hybridized carbons (Fsp3) is 0.250. The molecule has 1 aromatic rings. The first-order valence-corrected chi connectivity index (χ1v) is 5.90. The Kier molecular flexibility index (Phi) is 5.33. The molecule has 0 radical (unpaired) electrons. The van der Waals surface area contributed by atoms with Crippen LogP contribution in [0, 0.1) is 0 Å². The molecule has 1 rings (SSSR count). The van der Waals surface area contributed by atoms with Crippen LogP contribution in [0.1, 0.15) is 13.8 Å². The summed E-state index contributed by atoms with van der Waals surface area (Å²) in [6.07, 6.45) is 0. The first kappa shape index (κ1) is 15.3. The van der Waals surface area contributed by atoms with Gasteiger partial charge in [0.25, 0.3) is 0 Å². The summed E-state index contributed by atoms with van der Waals surface area (Å²) >= 11 is 0. The molecule has 0 spiro atoms. The number of nitrogens with two attached hydrogens (primary N) is 3. The lowest BCUT2D eigenvalue weighted by Gasteiger charge is -2.09. The highest BCUT2D eigenvalue weighted by Crippen LogP contribution is 2.30. The van der Waals surface area contributed by atoms with Crippen molar-refractivity contribution in [3.8, 4) is 5.75 Å². The maximum absolute atomic E-state index is 11.1. The van der Waals surface area contributed by atoms with Crippen molar-refractivity contribution in [3.05, 3.63) is 18.2 Å². The zero-order valence-electron chi connectivity index (χ0n) is 11.4. The summed E-state index contributed by atoms with van der Waals surface area (Å²) in [5.74, 6) is 0.0439. The number of benzene rings is 1. The maximum Gasteiger partial charge on any atom is 0.223 e. The summed E-state index contributed by atoms with van der Waals surface area (Å²) in [5.41, 5.74) is 16.9. The second kappa shape index (κ2) is 6.98. The van der Waals surface area contributed by atoms with Crippen molar-refractivity contribution in [2.24, 2.45) is 27.2 Å². The predicted molar refractivity (Wildman–Crippen MR) is 79.0 cm³/mol. The smallest absolute Gasteiger partial charge is 0.223 e. The zero-order chi connectivity index (χ0) is 15.1. The Labute approximate surface area is 116 Å². The normalized spacial score (nSPS) is 10.8. The molecule has 108 valence electrons. The van der Waals surface area contributed by atoms with E-state index in [0.29, 0.717) is 23.7 Å². The number of nitrogens with zero attached hydrogens (tertiary/aromatic N) is 2. The van der Waals surface area contributed by atoms with Crippen molar-refractivity contribution < 1.29 is 9.53 Å². The van der Waals surface area contributed by atoms with Gasteiger partial charge in [-0.3, -0.25) is 4.79 Å². The molecule has 8 heteroatoms. The maximum atomic E-state index is 11.1. The van der Waals surface area contributed by atoms with Crippen LogP contribution in [0.3, 0.4) is 0 Å². The van der Waals surface area contributed by atoms with Gasteiger partial charge in [0, 0.05) is 13.0 Å². The number of nitrogens with one attached hydrogen (secondary N) is 1. The number of hydrogen-bond acceptors (Lipinski definition) is 3. The van der Waals surface area contributed by atoms with Gasteiger partial charge in [-0.25, -0.2) is 4.99 Å². The van der Waals surface area contributed by atoms with Crippen LogP contribution in [0.15, 0.2) is 28.2 Å². The average molecular weight is 278 g/mol. The van der Waals surface area contributed by atoms with E-state index in [2.05, 4.69) is 15.3 Å². The molecule has 8 nitrogen and oxygen atoms in total. The molecule has 20 heavy (non-hydrogen) atoms. The Morgan fingerprint density at radius 1 is 1.35 bits per heavy atom. The van der Waals surface area contributed by atoms with Crippen LogP contribution in [0.25, 0.3) is 0 Å². The van der Waals surface area contributed by atoms with E-state index >= 15 is 0 Å². The molecule has 0 aliphatic heterocycles. The molecule has 0 fully saturated rings. The van der Waals surface area contributed by atoms with Crippen LogP contribution in [0.2, 0.25) is 0 Å². The van der Waals surface area contributed by atoms with E-state index in [4.69, 9.17) is 21.9 Å². The number of ether oxygens (including phenoxy) is 1. The van der Waals surface area contributed by atoms with E-state index in [1.165, 1.54) is 6.92 Å². The van der Waals surface area contributed by atoms with E-state index < -0.39 is 0 Å². The van der Waals surface area contributed by atoms with Gasteiger partial charge in [-0.2, -0.15) is 4.99 Å². The fourth-order valence-corrected chi connectivity index (χ4v) is 1.44. The molecular formula is C12H18N6O2. The Bertz CT molecular complexity index is 549. The number of rotatable bonds is 4. The molecule has 0 saturated heterocycles. The van der Waals surface area contributed by atoms with Crippen molar-refractivity contribution in [2.75, 3.05) is 11.9 Å². The molecular weight excluding hydrogens is 260 g/mol. The number of aliphatic imine (C=N–C) groups is 2. The van der Waals surface area contributed by atoms with Crippen molar-refractivity contribution in [2.45, 2.75) is 13.8 Å². The summed E-state index contributed by atoms with van der Waals surface area (Å²) in [6, 6.07) is 5.00. The number of anilines is 1. The topological polar surface area (TPSA) is 141 Å². The Morgan fingerprint density at radius 3 is 2.60 bits per heavy atom. The molecule has 7 N–H and O–H groups in total. The highest BCUT2D eigenvalue weighted by atomic mass is 16.5. The van der Waals surface area contributed by atoms with Gasteiger partial charge in [-0.05, 0) is 19.1 Å². The number of amides is 1. The van der Waals surface area contributed by atoms with Crippen LogP contribution in [-0.2, 0) is 4.79 Å². The third-order valence-corrected chi connectivity index (χ3v) is 2.07. The van der Waals surface area contributed by atoms with E-state index in [9.17, 15) is 4.79 Å². The van der Waals surface area contributed by atoms with E-state index in [0.717, 1.165) is 0 Å². The van der Waals surface area contributed by atoms with Crippen molar-refractivity contribution in [3.63, 3.8) is 0 Å². The van der Waals surface area contributed by atoms with Gasteiger partial charge in [-0.15, -0.1) is 0 Å². The largest absolute Gasteiger partial charge is 0.494 e. The van der Waals surface area contributed by atoms with Gasteiger partial charge in [0.15, 0.2) is 5.96 Å². The average Bonchev–Trinajstić information content (AvgIpc) is 2.31. The number of guanidine groups is 2. The first-order valence-electron chi connectivity index (χ1n) is 5.90. The minimum Gasteiger partial charge on any atom is -0.494 e. The van der Waals surface area contributed by atoms with Crippen LogP contribution in [0.5, 0.6) is 5.75 Å². The lowest BCUT2D eigenvalue weighted by atomic mass is 10.2. The van der Waals surface area contributed by atoms with Crippen molar-refractivity contribution in [1.82, 2.24) is 0 Å². The van der Waals surface area contributed by atoms with Gasteiger partial charge >= 0.3 is 0 Å². The Balaban J connectivity index is 3.20. The minimum absolute atomic E-state index is 0.120. The molecule has 0 saturated carbocycles. The fourth-order valence-electron chi connectivity index (χ4n) is 1.44. The number of hydrogen-bond donors (Lipinski definition) is 4. The third kappa shape index (κ3) is 4.84. The number of carbonyl (C=O) groups is 1. The van der Waals surface area contributed by atoms with Crippen LogP contribution < -0.4 is 27.3 Å². The zero-order valence-corrected chi connectivity index (χ0v) is 11.4. The summed E-state index contributed by atoms with van der Waals surface area (Å²) in [6.45, 7) is 3.76. The van der Waals surface area contributed by atoms with Gasteiger partial charge in [0.1, 0.15) is 5.75 Å². The molecule has 0 atom stereocenters. The second-order valence-electron chi connectivity index (χ2n) is 3.80. The summed E-state index contributed by atoms with van der Waals surface area (Å²) in [4.78, 5) is 18.8. The molecule has 1 amide bonds. The second-order valence-corrected chi connectivity index (χ2v) is 3.80. The molecule has 0 aliphatic carbocycles. The summed E-state index contributed by atoms with van der Waals surface area (Å²) in [5, 5.41) is 2.63. The molecule has 0 heterocycles. The minimum atomic E-state index is -0.231. The first-order chi connectivity index (χ1) is 9.42. The van der Waals surface area contributed by atoms with Gasteiger partial charge in [0.05, 0.1) is 18.0 Å². The van der Waals surface area contributed by atoms with Crippen LogP contribution >= 0.6 is 0 Å². The van der Waals surface area contributed by atoms with Crippen LogP contribution in [0.4, 0.5) is 11.4 Å². The third-order valence-electron chi connectivity index (χ3n) is 2.07.